The van der Waals surface area contributed by atoms with Crippen molar-refractivity contribution in [2.75, 3.05) is 83.2 Å². The van der Waals surface area contributed by atoms with E-state index >= 15 is 0 Å². The second kappa shape index (κ2) is 31.2. The van der Waals surface area contributed by atoms with Crippen molar-refractivity contribution < 1.29 is 93.7 Å². The average molecular weight is 1420 g/mol. The van der Waals surface area contributed by atoms with E-state index < -0.39 is 48.0 Å². The Morgan fingerprint density at radius 1 is 0.495 bits per heavy atom. The number of carboxylic acids is 1. The molecule has 3 aliphatic carbocycles. The molecular formula is C59H69F6N15O14S3. The van der Waals surface area contributed by atoms with E-state index in [1.165, 1.54) is 64.1 Å². The maximum atomic E-state index is 13.5. The minimum Gasteiger partial charge on any atom is -0.476 e. The number of hydrogen-bond acceptors (Lipinski definition) is 28. The molecule has 6 aliphatic rings. The summed E-state index contributed by atoms with van der Waals surface area (Å²) in [6, 6.07) is 4.30. The van der Waals surface area contributed by atoms with Gasteiger partial charge in [-0.05, 0) is 45.4 Å². The standard InChI is InChI=1S/C21H25F2N5O5S.C19H21F2N5O5S.C19H23F2N5O4S/c1-3-32-19(29)14-11-34-18(25-14)17-26-15(24-12-4-6-21(22,23)7-5-12)8-16(27-17)33-13-9-28(10-13)20(30)31-2;1-30-18(29)26-7-11(8-26)31-14-6-13(22-10-2-4-19(20,21)5-3-10)24-15(25-14)16-23-12(9-32-16)17(27)28;1-29-18(28)26-7-13(8-26)30-15-6-14(22-11-2-4-19(20,21)5-3-11)24-16(25-15)17-23-12(9-27)10-31-17/h8,11-13H,3-7,9-10H2,1-2H3,(H,24,26,27);6,9-11H,2-5,7-8H2,1H3,(H,27,28)(H,22,24,25);6,10-11,13,27H,2-5,7-9H2,1H3,(H,22,24,25). The van der Waals surface area contributed by atoms with Crippen molar-refractivity contribution >= 4 is 81.7 Å². The number of likely N-dealkylation sites (tertiary alicyclic amines) is 3. The third-order valence-electron chi connectivity index (χ3n) is 16.0. The van der Waals surface area contributed by atoms with Crippen molar-refractivity contribution in [1.82, 2.24) is 59.6 Å². The quantitative estimate of drug-likeness (QED) is 0.0286. The summed E-state index contributed by atoms with van der Waals surface area (Å²) in [5.41, 5.74) is 0.525. The molecule has 6 aromatic rings. The van der Waals surface area contributed by atoms with E-state index in [1.54, 1.807) is 35.9 Å². The van der Waals surface area contributed by atoms with Crippen LogP contribution in [0.4, 0.5) is 58.2 Å². The molecule has 3 aliphatic heterocycles. The van der Waals surface area contributed by atoms with Crippen LogP contribution < -0.4 is 30.2 Å². The van der Waals surface area contributed by atoms with Gasteiger partial charge in [0, 0.05) is 91.0 Å². The second-order valence-electron chi connectivity index (χ2n) is 23.3. The van der Waals surface area contributed by atoms with Gasteiger partial charge >= 0.3 is 30.2 Å². The van der Waals surface area contributed by atoms with Crippen molar-refractivity contribution in [3.05, 3.63) is 51.4 Å². The average Bonchev–Trinajstić information content (AvgIpc) is 1.45. The summed E-state index contributed by atoms with van der Waals surface area (Å²) in [4.78, 5) is 101. The van der Waals surface area contributed by atoms with E-state index in [4.69, 9.17) is 24.1 Å². The number of anilines is 3. The van der Waals surface area contributed by atoms with E-state index in [0.717, 1.165) is 11.3 Å². The number of rotatable bonds is 19. The number of alkyl halides is 6. The molecule has 0 radical (unpaired) electrons. The first-order valence-electron chi connectivity index (χ1n) is 30.8. The number of hydrogen-bond donors (Lipinski definition) is 5. The van der Waals surface area contributed by atoms with Crippen molar-refractivity contribution in [2.24, 2.45) is 0 Å². The van der Waals surface area contributed by atoms with Crippen LogP contribution in [-0.4, -0.2) is 221 Å². The fraction of sp³-hybridized carbons (Fsp3) is 0.559. The fourth-order valence-electron chi connectivity index (χ4n) is 10.7. The zero-order valence-electron chi connectivity index (χ0n) is 52.7. The molecule has 29 nitrogen and oxygen atoms in total. The molecule has 0 bridgehead atoms. The predicted octanol–water partition coefficient (Wildman–Crippen LogP) is 9.63. The lowest BCUT2D eigenvalue weighted by atomic mass is 9.92. The van der Waals surface area contributed by atoms with E-state index in [9.17, 15) is 55.4 Å². The van der Waals surface area contributed by atoms with Gasteiger partial charge in [0.05, 0.1) is 79.5 Å². The minimum absolute atomic E-state index is 0.127. The first-order valence-corrected chi connectivity index (χ1v) is 33.4. The van der Waals surface area contributed by atoms with Gasteiger partial charge < -0.3 is 74.0 Å². The van der Waals surface area contributed by atoms with Crippen LogP contribution in [0.25, 0.3) is 32.5 Å². The SMILES string of the molecule is CCOC(=O)c1csc(-c2nc(NC3CCC(F)(F)CC3)cc(OC3CN(C(=O)OC)C3)n2)n1.COC(=O)N1CC(Oc2cc(NC3CCC(F)(F)CC3)nc(-c3nc(C(=O)O)cs3)n2)C1.COC(=O)N1CC(Oc2cc(NC3CCC(F)(F)CC3)nc(-c3nc(CO)cs3)n2)C1. The largest absolute Gasteiger partial charge is 0.476 e. The Balaban J connectivity index is 0.000000158. The Morgan fingerprint density at radius 2 is 0.814 bits per heavy atom. The number of nitrogens with zero attached hydrogens (tertiary/aromatic N) is 12. The molecule has 3 saturated heterocycles. The second-order valence-corrected chi connectivity index (χ2v) is 25.9. The van der Waals surface area contributed by atoms with E-state index in [-0.39, 0.29) is 128 Å². The van der Waals surface area contributed by atoms with E-state index in [1.807, 2.05) is 0 Å². The maximum Gasteiger partial charge on any atom is 0.409 e. The number of aliphatic hydroxyl groups is 1. The van der Waals surface area contributed by atoms with Gasteiger partial charge in [-0.25, -0.2) is 80.2 Å². The highest BCUT2D eigenvalue weighted by Crippen LogP contribution is 2.39. The van der Waals surface area contributed by atoms with Gasteiger partial charge in [0.2, 0.25) is 35.4 Å². The maximum absolute atomic E-state index is 13.5. The summed E-state index contributed by atoms with van der Waals surface area (Å²) in [5, 5.41) is 33.8. The molecule has 0 aromatic carbocycles. The number of carboxylic acid groups (broad SMARTS) is 1. The Kier molecular flexibility index (Phi) is 22.8. The Bertz CT molecular complexity index is 3720. The Hall–Kier alpha value is -8.78. The smallest absolute Gasteiger partial charge is 0.409 e. The van der Waals surface area contributed by atoms with Crippen LogP contribution in [0.1, 0.15) is 111 Å². The summed E-state index contributed by atoms with van der Waals surface area (Å²) >= 11 is 3.54. The fourth-order valence-corrected chi connectivity index (χ4v) is 12.8. The number of amides is 3. The zero-order valence-corrected chi connectivity index (χ0v) is 55.2. The number of nitrogens with one attached hydrogen (secondary N) is 3. The third-order valence-corrected chi connectivity index (χ3v) is 18.6. The van der Waals surface area contributed by atoms with Crippen LogP contribution in [0.3, 0.4) is 0 Å². The van der Waals surface area contributed by atoms with Gasteiger partial charge in [0.25, 0.3) is 0 Å². The lowest BCUT2D eigenvalue weighted by Gasteiger charge is -2.37. The lowest BCUT2D eigenvalue weighted by Crippen LogP contribution is -2.56. The predicted molar refractivity (Wildman–Crippen MR) is 336 cm³/mol. The highest BCUT2D eigenvalue weighted by Gasteiger charge is 2.40. The molecule has 0 unspecified atom stereocenters. The molecule has 5 N–H and O–H groups in total. The van der Waals surface area contributed by atoms with Crippen molar-refractivity contribution in [3.63, 3.8) is 0 Å². The van der Waals surface area contributed by atoms with Gasteiger partial charge in [-0.1, -0.05) is 0 Å². The zero-order chi connectivity index (χ0) is 69.2. The van der Waals surface area contributed by atoms with Crippen LogP contribution in [-0.2, 0) is 25.6 Å². The Morgan fingerprint density at radius 3 is 1.11 bits per heavy atom. The number of aromatic nitrogens is 9. The number of carbonyl (C=O) groups excluding carboxylic acids is 4. The number of ether oxygens (including phenoxy) is 7. The molecule has 6 fully saturated rings. The van der Waals surface area contributed by atoms with Gasteiger partial charge in [0.15, 0.2) is 43.9 Å². The van der Waals surface area contributed by atoms with Crippen molar-refractivity contribution in [2.45, 2.75) is 145 Å². The number of thiazole rings is 3. The first kappa shape index (κ1) is 71.0. The van der Waals surface area contributed by atoms with Crippen LogP contribution in [0, 0.1) is 0 Å². The third kappa shape index (κ3) is 19.3. The number of halogens is 6. The summed E-state index contributed by atoms with van der Waals surface area (Å²) < 4.78 is 118. The molecule has 3 saturated carbocycles. The van der Waals surface area contributed by atoms with Gasteiger partial charge in [-0.3, -0.25) is 0 Å². The normalized spacial score (nSPS) is 18.6. The molecule has 38 heteroatoms. The number of aliphatic hydroxyl groups excluding tert-OH is 1. The molecule has 97 heavy (non-hydrogen) atoms. The van der Waals surface area contributed by atoms with Crippen molar-refractivity contribution in [1.29, 1.82) is 0 Å². The number of esters is 1. The molecular weight excluding hydrogens is 1350 g/mol. The highest BCUT2D eigenvalue weighted by atomic mass is 32.1. The van der Waals surface area contributed by atoms with Gasteiger partial charge in [0.1, 0.15) is 35.8 Å². The highest BCUT2D eigenvalue weighted by molar-refractivity contribution is 7.13. The summed E-state index contributed by atoms with van der Waals surface area (Å²) in [7, 11) is 3.93. The van der Waals surface area contributed by atoms with Crippen LogP contribution >= 0.6 is 34.0 Å². The number of aromatic carboxylic acids is 1. The van der Waals surface area contributed by atoms with Gasteiger partial charge in [-0.2, -0.15) is 15.0 Å². The van der Waals surface area contributed by atoms with Crippen LogP contribution in [0.5, 0.6) is 17.6 Å². The summed E-state index contributed by atoms with van der Waals surface area (Å²) in [6.07, 6.45) is -1.36. The summed E-state index contributed by atoms with van der Waals surface area (Å²) in [5.74, 6) is -6.91. The molecule has 12 rings (SSSR count). The lowest BCUT2D eigenvalue weighted by molar-refractivity contribution is -0.0366. The first-order chi connectivity index (χ1) is 46.3. The van der Waals surface area contributed by atoms with E-state index in [0.29, 0.717) is 123 Å². The Labute approximate surface area is 562 Å². The number of carbonyl (C=O) groups is 5. The van der Waals surface area contributed by atoms with Crippen LogP contribution in [0.2, 0.25) is 0 Å². The minimum atomic E-state index is -2.65. The molecule has 3 amide bonds. The topological polar surface area (TPSA) is 352 Å². The molecule has 9 heterocycles. The molecule has 0 atom stereocenters. The summed E-state index contributed by atoms with van der Waals surface area (Å²) in [6.45, 7) is 3.82. The van der Waals surface area contributed by atoms with Crippen molar-refractivity contribution in [3.8, 4) is 50.1 Å². The molecule has 6 aromatic heterocycles. The molecule has 0 spiro atoms. The van der Waals surface area contributed by atoms with Crippen LogP contribution in [0.15, 0.2) is 34.3 Å². The van der Waals surface area contributed by atoms with Gasteiger partial charge in [-0.15, -0.1) is 34.0 Å². The monoisotopic (exact) mass is 1420 g/mol. The number of methoxy groups -OCH3 is 3. The molecule has 524 valence electrons. The van der Waals surface area contributed by atoms with E-state index in [2.05, 4.69) is 75.0 Å².